The van der Waals surface area contributed by atoms with Crippen molar-refractivity contribution >= 4 is 5.91 Å². The first-order valence-corrected chi connectivity index (χ1v) is 10.7. The van der Waals surface area contributed by atoms with Gasteiger partial charge in [0, 0.05) is 44.0 Å². The van der Waals surface area contributed by atoms with Gasteiger partial charge in [0.25, 0.3) is 5.91 Å². The Labute approximate surface area is 178 Å². The van der Waals surface area contributed by atoms with E-state index in [1.54, 1.807) is 0 Å². The Balaban J connectivity index is 1.33. The number of benzene rings is 2. The van der Waals surface area contributed by atoms with E-state index in [0.717, 1.165) is 63.7 Å². The number of carbonyl (C=O) groups excluding carboxylic acids is 1. The van der Waals surface area contributed by atoms with Crippen molar-refractivity contribution < 1.29 is 19.0 Å². The number of rotatable bonds is 7. The summed E-state index contributed by atoms with van der Waals surface area (Å²) in [6, 6.07) is 17.4. The summed E-state index contributed by atoms with van der Waals surface area (Å²) in [4.78, 5) is 15.2. The maximum atomic E-state index is 12.8. The molecule has 0 spiro atoms. The molecule has 0 radical (unpaired) electrons. The molecule has 0 aromatic heterocycles. The van der Waals surface area contributed by atoms with Gasteiger partial charge in [-0.1, -0.05) is 30.3 Å². The minimum absolute atomic E-state index is 0.0452. The Morgan fingerprint density at radius 3 is 2.30 bits per heavy atom. The Hall–Kier alpha value is -2.41. The second-order valence-electron chi connectivity index (χ2n) is 7.92. The van der Waals surface area contributed by atoms with Crippen LogP contribution >= 0.6 is 0 Å². The van der Waals surface area contributed by atoms with E-state index in [2.05, 4.69) is 10.2 Å². The van der Waals surface area contributed by atoms with Crippen molar-refractivity contribution in [1.82, 2.24) is 10.2 Å². The van der Waals surface area contributed by atoms with Crippen LogP contribution in [0.25, 0.3) is 0 Å². The van der Waals surface area contributed by atoms with Crippen molar-refractivity contribution in [3.63, 3.8) is 0 Å². The predicted octanol–water partition coefficient (Wildman–Crippen LogP) is 2.88. The topological polar surface area (TPSA) is 60.0 Å². The Bertz CT molecular complexity index is 798. The van der Waals surface area contributed by atoms with Crippen LogP contribution in [0, 0.1) is 0 Å². The van der Waals surface area contributed by atoms with Gasteiger partial charge in [0.05, 0.1) is 13.2 Å². The lowest BCUT2D eigenvalue weighted by atomic mass is 9.87. The van der Waals surface area contributed by atoms with E-state index in [4.69, 9.17) is 14.2 Å². The minimum atomic E-state index is -0.0521. The third-order valence-electron chi connectivity index (χ3n) is 6.05. The summed E-state index contributed by atoms with van der Waals surface area (Å²) in [5.74, 6) is 0.702. The zero-order valence-electron chi connectivity index (χ0n) is 17.3. The molecule has 0 bridgehead atoms. The third kappa shape index (κ3) is 5.19. The second-order valence-corrected chi connectivity index (χ2v) is 7.92. The first-order valence-electron chi connectivity index (χ1n) is 10.7. The van der Waals surface area contributed by atoms with Crippen LogP contribution in [0.1, 0.15) is 28.8 Å². The summed E-state index contributed by atoms with van der Waals surface area (Å²) in [7, 11) is 0. The molecule has 0 atom stereocenters. The van der Waals surface area contributed by atoms with Gasteiger partial charge in [-0.05, 0) is 42.7 Å². The largest absolute Gasteiger partial charge is 0.489 e. The summed E-state index contributed by atoms with van der Waals surface area (Å²) < 4.78 is 16.9. The molecule has 4 rings (SSSR count). The molecule has 2 fully saturated rings. The second kappa shape index (κ2) is 10.1. The molecule has 0 aliphatic carbocycles. The van der Waals surface area contributed by atoms with Gasteiger partial charge < -0.3 is 19.5 Å². The molecule has 6 nitrogen and oxygen atoms in total. The van der Waals surface area contributed by atoms with Crippen LogP contribution in [-0.4, -0.2) is 62.4 Å². The van der Waals surface area contributed by atoms with Gasteiger partial charge in [-0.3, -0.25) is 9.69 Å². The Morgan fingerprint density at radius 1 is 0.933 bits per heavy atom. The van der Waals surface area contributed by atoms with Gasteiger partial charge in [-0.15, -0.1) is 0 Å². The molecule has 2 heterocycles. The molecular weight excluding hydrogens is 380 g/mol. The van der Waals surface area contributed by atoms with Crippen molar-refractivity contribution in [1.29, 1.82) is 0 Å². The van der Waals surface area contributed by atoms with Crippen LogP contribution < -0.4 is 10.1 Å². The summed E-state index contributed by atoms with van der Waals surface area (Å²) in [5, 5.41) is 3.17. The van der Waals surface area contributed by atoms with Gasteiger partial charge in [-0.25, -0.2) is 0 Å². The SMILES string of the molecule is O=C(NCC1(N2CCOCC2)CCOCC1)c1ccc(OCc2ccccc2)cc1. The number of morpholine rings is 1. The lowest BCUT2D eigenvalue weighted by molar-refractivity contribution is -0.0693. The van der Waals surface area contributed by atoms with Crippen LogP contribution in [0.3, 0.4) is 0 Å². The standard InChI is InChI=1S/C24H30N2O4/c27-23(21-6-8-22(9-7-21)30-18-20-4-2-1-3-5-20)25-19-24(10-14-28-15-11-24)26-12-16-29-17-13-26/h1-9H,10-19H2,(H,25,27). The monoisotopic (exact) mass is 410 g/mol. The molecule has 30 heavy (non-hydrogen) atoms. The van der Waals surface area contributed by atoms with E-state index < -0.39 is 0 Å². The molecule has 2 aromatic carbocycles. The first kappa shape index (κ1) is 20.8. The summed E-state index contributed by atoms with van der Waals surface area (Å²) >= 11 is 0. The summed E-state index contributed by atoms with van der Waals surface area (Å²) in [5.41, 5.74) is 1.71. The smallest absolute Gasteiger partial charge is 0.251 e. The number of amides is 1. The van der Waals surface area contributed by atoms with E-state index >= 15 is 0 Å². The molecule has 0 unspecified atom stereocenters. The van der Waals surface area contributed by atoms with Crippen molar-refractivity contribution in [2.24, 2.45) is 0 Å². The fourth-order valence-corrected chi connectivity index (χ4v) is 4.18. The highest BCUT2D eigenvalue weighted by Crippen LogP contribution is 2.28. The van der Waals surface area contributed by atoms with Gasteiger partial charge in [0.1, 0.15) is 12.4 Å². The average Bonchev–Trinajstić information content (AvgIpc) is 2.83. The van der Waals surface area contributed by atoms with E-state index in [1.807, 2.05) is 54.6 Å². The molecule has 2 aliphatic heterocycles. The van der Waals surface area contributed by atoms with Crippen LogP contribution in [0.4, 0.5) is 0 Å². The van der Waals surface area contributed by atoms with E-state index in [-0.39, 0.29) is 11.4 Å². The van der Waals surface area contributed by atoms with Crippen molar-refractivity contribution in [3.05, 3.63) is 65.7 Å². The average molecular weight is 411 g/mol. The van der Waals surface area contributed by atoms with Crippen molar-refractivity contribution in [2.45, 2.75) is 25.0 Å². The number of hydrogen-bond acceptors (Lipinski definition) is 5. The Kier molecular flexibility index (Phi) is 7.00. The fraction of sp³-hybridized carbons (Fsp3) is 0.458. The van der Waals surface area contributed by atoms with Gasteiger partial charge in [0.2, 0.25) is 0 Å². The molecule has 6 heteroatoms. The highest BCUT2D eigenvalue weighted by atomic mass is 16.5. The normalized spacial score (nSPS) is 19.2. The zero-order chi connectivity index (χ0) is 20.7. The summed E-state index contributed by atoms with van der Waals surface area (Å²) in [6.45, 7) is 5.92. The van der Waals surface area contributed by atoms with Crippen LogP contribution in [-0.2, 0) is 16.1 Å². The van der Waals surface area contributed by atoms with Gasteiger partial charge in [-0.2, -0.15) is 0 Å². The minimum Gasteiger partial charge on any atom is -0.489 e. The maximum Gasteiger partial charge on any atom is 0.251 e. The molecule has 2 aliphatic rings. The predicted molar refractivity (Wildman–Crippen MR) is 115 cm³/mol. The van der Waals surface area contributed by atoms with Crippen LogP contribution in [0.5, 0.6) is 5.75 Å². The van der Waals surface area contributed by atoms with Crippen molar-refractivity contribution in [2.75, 3.05) is 46.1 Å². The molecule has 160 valence electrons. The number of carbonyl (C=O) groups is 1. The lowest BCUT2D eigenvalue weighted by Crippen LogP contribution is -2.61. The quantitative estimate of drug-likeness (QED) is 0.761. The third-order valence-corrected chi connectivity index (χ3v) is 6.05. The number of nitrogens with zero attached hydrogens (tertiary/aromatic N) is 1. The molecule has 1 N–H and O–H groups in total. The highest BCUT2D eigenvalue weighted by Gasteiger charge is 2.39. The van der Waals surface area contributed by atoms with E-state index in [1.165, 1.54) is 0 Å². The van der Waals surface area contributed by atoms with Crippen molar-refractivity contribution in [3.8, 4) is 5.75 Å². The number of hydrogen-bond donors (Lipinski definition) is 1. The van der Waals surface area contributed by atoms with E-state index in [9.17, 15) is 4.79 Å². The van der Waals surface area contributed by atoms with Crippen LogP contribution in [0.15, 0.2) is 54.6 Å². The van der Waals surface area contributed by atoms with E-state index in [0.29, 0.717) is 18.7 Å². The Morgan fingerprint density at radius 2 is 1.60 bits per heavy atom. The zero-order valence-corrected chi connectivity index (χ0v) is 17.3. The number of nitrogens with one attached hydrogen (secondary N) is 1. The molecule has 2 saturated heterocycles. The lowest BCUT2D eigenvalue weighted by Gasteiger charge is -2.47. The van der Waals surface area contributed by atoms with Gasteiger partial charge >= 0.3 is 0 Å². The molecule has 0 saturated carbocycles. The van der Waals surface area contributed by atoms with Crippen LogP contribution in [0.2, 0.25) is 0 Å². The van der Waals surface area contributed by atoms with Gasteiger partial charge in [0.15, 0.2) is 0 Å². The molecular formula is C24H30N2O4. The molecule has 2 aromatic rings. The maximum absolute atomic E-state index is 12.8. The molecule has 1 amide bonds. The highest BCUT2D eigenvalue weighted by molar-refractivity contribution is 5.94. The number of ether oxygens (including phenoxy) is 3. The fourth-order valence-electron chi connectivity index (χ4n) is 4.18. The summed E-state index contributed by atoms with van der Waals surface area (Å²) in [6.07, 6.45) is 1.86. The first-order chi connectivity index (χ1) is 14.8.